The van der Waals surface area contributed by atoms with E-state index in [9.17, 15) is 13.2 Å². The lowest BCUT2D eigenvalue weighted by atomic mass is 10.2. The van der Waals surface area contributed by atoms with Crippen molar-refractivity contribution >= 4 is 22.6 Å². The maximum Gasteiger partial charge on any atom is 0.390 e. The molecule has 0 radical (unpaired) electrons. The Labute approximate surface area is 106 Å². The van der Waals surface area contributed by atoms with Crippen molar-refractivity contribution in [3.05, 3.63) is 15.0 Å². The Kier molecular flexibility index (Phi) is 4.63. The zero-order valence-corrected chi connectivity index (χ0v) is 11.4. The van der Waals surface area contributed by atoms with Crippen LogP contribution in [0, 0.1) is 3.57 Å². The fourth-order valence-corrected chi connectivity index (χ4v) is 2.66. The molecule has 0 aliphatic heterocycles. The average molecular weight is 346 g/mol. The molecule has 0 N–H and O–H groups in total. The molecule has 0 atom stereocenters. The van der Waals surface area contributed by atoms with E-state index in [1.54, 1.807) is 0 Å². The molecular weight excluding hydrogens is 332 g/mol. The van der Waals surface area contributed by atoms with E-state index >= 15 is 0 Å². The van der Waals surface area contributed by atoms with Gasteiger partial charge < -0.3 is 0 Å². The van der Waals surface area contributed by atoms with Gasteiger partial charge in [0.25, 0.3) is 0 Å². The van der Waals surface area contributed by atoms with E-state index in [2.05, 4.69) is 27.7 Å². The molecule has 0 aromatic carbocycles. The molecule has 0 spiro atoms. The van der Waals surface area contributed by atoms with Crippen LogP contribution in [0.4, 0.5) is 13.2 Å². The Bertz CT molecular complexity index is 358. The summed E-state index contributed by atoms with van der Waals surface area (Å²) < 4.78 is 38.9. The second-order valence-electron chi connectivity index (χ2n) is 3.50. The van der Waals surface area contributed by atoms with E-state index in [0.29, 0.717) is 6.42 Å². The van der Waals surface area contributed by atoms with Crippen LogP contribution in [0.5, 0.6) is 0 Å². The highest BCUT2D eigenvalue weighted by Gasteiger charge is 2.27. The van der Waals surface area contributed by atoms with Crippen molar-refractivity contribution in [3.63, 3.8) is 0 Å². The lowest BCUT2D eigenvalue weighted by Crippen LogP contribution is -2.14. The average Bonchev–Trinajstić information content (AvgIpc) is 2.50. The van der Waals surface area contributed by atoms with Crippen LogP contribution in [0.15, 0.2) is 0 Å². The van der Waals surface area contributed by atoms with Gasteiger partial charge in [0.05, 0.1) is 21.4 Å². The van der Waals surface area contributed by atoms with Gasteiger partial charge in [-0.25, -0.2) is 0 Å². The third-order valence-corrected chi connectivity index (χ3v) is 3.58. The molecule has 0 aliphatic rings. The summed E-state index contributed by atoms with van der Waals surface area (Å²) in [6, 6.07) is 0. The number of rotatable bonds is 4. The molecule has 1 heterocycles. The first kappa shape index (κ1) is 13.8. The minimum absolute atomic E-state index is 0.0807. The number of aryl methyl sites for hydroxylation is 2. The van der Waals surface area contributed by atoms with Crippen LogP contribution in [0.25, 0.3) is 0 Å². The van der Waals surface area contributed by atoms with E-state index in [4.69, 9.17) is 0 Å². The second-order valence-corrected chi connectivity index (χ2v) is 4.58. The van der Waals surface area contributed by atoms with Gasteiger partial charge in [0, 0.05) is 6.54 Å². The van der Waals surface area contributed by atoms with E-state index in [1.807, 2.05) is 13.8 Å². The van der Waals surface area contributed by atoms with Gasteiger partial charge in [-0.1, -0.05) is 13.8 Å². The standard InChI is InChI=1S/C10H14F3IN2/c1-3-7-9(14)8(4-2)16(15-7)6-5-10(11,12)13/h3-6H2,1-2H3. The SMILES string of the molecule is CCc1nn(CCC(F)(F)F)c(CC)c1I. The quantitative estimate of drug-likeness (QED) is 0.763. The number of halogens is 4. The first-order valence-corrected chi connectivity index (χ1v) is 6.27. The van der Waals surface area contributed by atoms with E-state index < -0.39 is 12.6 Å². The summed E-state index contributed by atoms with van der Waals surface area (Å²) in [5.74, 6) is 0. The Balaban J connectivity index is 2.87. The van der Waals surface area contributed by atoms with Gasteiger partial charge in [-0.15, -0.1) is 0 Å². The maximum absolute atomic E-state index is 12.1. The van der Waals surface area contributed by atoms with E-state index in [-0.39, 0.29) is 6.54 Å². The Morgan fingerprint density at radius 1 is 1.25 bits per heavy atom. The zero-order chi connectivity index (χ0) is 12.3. The fourth-order valence-electron chi connectivity index (χ4n) is 1.51. The summed E-state index contributed by atoms with van der Waals surface area (Å²) in [7, 11) is 0. The molecule has 1 rings (SSSR count). The second kappa shape index (κ2) is 5.37. The number of hydrogen-bond donors (Lipinski definition) is 0. The highest BCUT2D eigenvalue weighted by Crippen LogP contribution is 2.23. The smallest absolute Gasteiger partial charge is 0.268 e. The Morgan fingerprint density at radius 3 is 2.31 bits per heavy atom. The maximum atomic E-state index is 12.1. The van der Waals surface area contributed by atoms with Crippen LogP contribution in [0.2, 0.25) is 0 Å². The fraction of sp³-hybridized carbons (Fsp3) is 0.700. The van der Waals surface area contributed by atoms with Crippen molar-refractivity contribution in [3.8, 4) is 0 Å². The van der Waals surface area contributed by atoms with Crippen molar-refractivity contribution in [2.24, 2.45) is 0 Å². The van der Waals surface area contributed by atoms with Crippen molar-refractivity contribution in [2.75, 3.05) is 0 Å². The van der Waals surface area contributed by atoms with Crippen LogP contribution < -0.4 is 0 Å². The summed E-state index contributed by atoms with van der Waals surface area (Å²) in [4.78, 5) is 0. The summed E-state index contributed by atoms with van der Waals surface area (Å²) in [5, 5.41) is 4.21. The molecule has 92 valence electrons. The first-order chi connectivity index (χ1) is 7.39. The molecule has 1 aromatic rings. The molecule has 1 aromatic heterocycles. The van der Waals surface area contributed by atoms with Crippen molar-refractivity contribution in [2.45, 2.75) is 45.8 Å². The first-order valence-electron chi connectivity index (χ1n) is 5.19. The van der Waals surface area contributed by atoms with Crippen LogP contribution in [0.3, 0.4) is 0 Å². The normalized spacial score (nSPS) is 12.1. The van der Waals surface area contributed by atoms with Crippen LogP contribution >= 0.6 is 22.6 Å². The van der Waals surface area contributed by atoms with Crippen LogP contribution in [-0.4, -0.2) is 16.0 Å². The monoisotopic (exact) mass is 346 g/mol. The lowest BCUT2D eigenvalue weighted by molar-refractivity contribution is -0.137. The van der Waals surface area contributed by atoms with Gasteiger partial charge in [-0.05, 0) is 35.4 Å². The summed E-state index contributed by atoms with van der Waals surface area (Å²) >= 11 is 2.16. The van der Waals surface area contributed by atoms with E-state index in [1.165, 1.54) is 4.68 Å². The van der Waals surface area contributed by atoms with Gasteiger partial charge >= 0.3 is 6.18 Å². The van der Waals surface area contributed by atoms with Gasteiger partial charge in [-0.2, -0.15) is 18.3 Å². The predicted molar refractivity (Wildman–Crippen MR) is 64.4 cm³/mol. The van der Waals surface area contributed by atoms with Gasteiger partial charge in [-0.3, -0.25) is 4.68 Å². The number of hydrogen-bond acceptors (Lipinski definition) is 1. The molecule has 0 fully saturated rings. The lowest BCUT2D eigenvalue weighted by Gasteiger charge is -2.08. The Hall–Kier alpha value is -0.270. The molecular formula is C10H14F3IN2. The number of aromatic nitrogens is 2. The van der Waals surface area contributed by atoms with Gasteiger partial charge in [0.2, 0.25) is 0 Å². The molecule has 16 heavy (non-hydrogen) atoms. The minimum atomic E-state index is -4.12. The number of alkyl halides is 3. The molecule has 0 bridgehead atoms. The molecule has 0 saturated carbocycles. The molecule has 0 amide bonds. The zero-order valence-electron chi connectivity index (χ0n) is 9.23. The third kappa shape index (κ3) is 3.36. The van der Waals surface area contributed by atoms with Gasteiger partial charge in [0.1, 0.15) is 0 Å². The summed E-state index contributed by atoms with van der Waals surface area (Å²) in [5.41, 5.74) is 1.79. The van der Waals surface area contributed by atoms with Crippen LogP contribution in [0.1, 0.15) is 31.7 Å². The molecule has 2 nitrogen and oxygen atoms in total. The van der Waals surface area contributed by atoms with E-state index in [0.717, 1.165) is 21.4 Å². The van der Waals surface area contributed by atoms with Gasteiger partial charge in [0.15, 0.2) is 0 Å². The highest BCUT2D eigenvalue weighted by atomic mass is 127. The van der Waals surface area contributed by atoms with Crippen molar-refractivity contribution < 1.29 is 13.2 Å². The Morgan fingerprint density at radius 2 is 1.88 bits per heavy atom. The highest BCUT2D eigenvalue weighted by molar-refractivity contribution is 14.1. The van der Waals surface area contributed by atoms with Crippen LogP contribution in [-0.2, 0) is 19.4 Å². The third-order valence-electron chi connectivity index (χ3n) is 2.34. The summed E-state index contributed by atoms with van der Waals surface area (Å²) in [6.45, 7) is 3.81. The minimum Gasteiger partial charge on any atom is -0.268 e. The topological polar surface area (TPSA) is 17.8 Å². The molecule has 0 aliphatic carbocycles. The molecule has 6 heteroatoms. The summed E-state index contributed by atoms with van der Waals surface area (Å²) in [6.07, 6.45) is -3.47. The molecule has 0 unspecified atom stereocenters. The molecule has 0 saturated heterocycles. The largest absolute Gasteiger partial charge is 0.390 e. The number of nitrogens with zero attached hydrogens (tertiary/aromatic N) is 2. The van der Waals surface area contributed by atoms with Crippen molar-refractivity contribution in [1.82, 2.24) is 9.78 Å². The van der Waals surface area contributed by atoms with Crippen molar-refractivity contribution in [1.29, 1.82) is 0 Å². The predicted octanol–water partition coefficient (Wildman–Crippen LogP) is 3.56.